The molecule has 0 radical (unpaired) electrons. The third-order valence-corrected chi connectivity index (χ3v) is 6.03. The van der Waals surface area contributed by atoms with Crippen molar-refractivity contribution in [3.63, 3.8) is 0 Å². The number of benzene rings is 1. The minimum Gasteiger partial charge on any atom is -0.508 e. The van der Waals surface area contributed by atoms with Crippen molar-refractivity contribution in [2.45, 2.75) is 46.1 Å². The number of phenols is 2. The van der Waals surface area contributed by atoms with Crippen molar-refractivity contribution in [3.8, 4) is 11.5 Å². The van der Waals surface area contributed by atoms with Crippen LogP contribution in [-0.4, -0.2) is 27.4 Å². The molecule has 0 amide bonds. The molecular weight excluding hydrogens is 332 g/mol. The number of Topliss-reactive ketones (excluding diaryl/α,β-unsaturated/α-hetero) is 2. The Morgan fingerprint density at radius 1 is 1.15 bits per heavy atom. The summed E-state index contributed by atoms with van der Waals surface area (Å²) in [5.41, 5.74) is 1.11. The molecule has 1 aliphatic heterocycles. The van der Waals surface area contributed by atoms with Gasteiger partial charge in [-0.2, -0.15) is 0 Å². The molecule has 0 fully saturated rings. The first-order valence-corrected chi connectivity index (χ1v) is 8.89. The van der Waals surface area contributed by atoms with Crippen LogP contribution < -0.4 is 0 Å². The van der Waals surface area contributed by atoms with Crippen molar-refractivity contribution in [2.24, 2.45) is 11.8 Å². The van der Waals surface area contributed by atoms with Crippen LogP contribution in [0.15, 0.2) is 29.0 Å². The number of allylic oxidation sites excluding steroid dienone is 4. The normalized spacial score (nSPS) is 26.5. The van der Waals surface area contributed by atoms with Gasteiger partial charge in [0.1, 0.15) is 17.1 Å². The Hall–Kier alpha value is -2.56. The van der Waals surface area contributed by atoms with Gasteiger partial charge in [-0.3, -0.25) is 9.59 Å². The van der Waals surface area contributed by atoms with Crippen LogP contribution in [0.3, 0.4) is 0 Å². The van der Waals surface area contributed by atoms with Gasteiger partial charge in [0.2, 0.25) is 5.78 Å². The summed E-state index contributed by atoms with van der Waals surface area (Å²) < 4.78 is 6.05. The highest BCUT2D eigenvalue weighted by Gasteiger charge is 2.51. The Kier molecular flexibility index (Phi) is 3.39. The molecule has 136 valence electrons. The maximum atomic E-state index is 13.2. The average Bonchev–Trinajstić information content (AvgIpc) is 2.56. The second-order valence-corrected chi connectivity index (χ2v) is 8.08. The standard InChI is InChI=1S/C21H22O5/c1-9-5-6-13-11(7-9)16-18(24)12-8-14(22)10(2)17(23)15(12)19(25)20(16)26-21(13,3)4/h7-8,11,13,22-23H,5-6H2,1-4H3/t11-,13+/m0/s1. The van der Waals surface area contributed by atoms with Gasteiger partial charge >= 0.3 is 0 Å². The predicted molar refractivity (Wildman–Crippen MR) is 95.3 cm³/mol. The number of aromatic hydroxyl groups is 2. The fraction of sp³-hybridized carbons (Fsp3) is 0.429. The minimum absolute atomic E-state index is 0.0417. The maximum Gasteiger partial charge on any atom is 0.232 e. The molecule has 5 nitrogen and oxygen atoms in total. The Morgan fingerprint density at radius 3 is 2.54 bits per heavy atom. The fourth-order valence-electron chi connectivity index (χ4n) is 4.52. The van der Waals surface area contributed by atoms with Crippen molar-refractivity contribution in [2.75, 3.05) is 0 Å². The van der Waals surface area contributed by atoms with Gasteiger partial charge in [-0.25, -0.2) is 0 Å². The Morgan fingerprint density at radius 2 is 1.85 bits per heavy atom. The summed E-state index contributed by atoms with van der Waals surface area (Å²) >= 11 is 0. The zero-order chi connectivity index (χ0) is 19.0. The molecule has 26 heavy (non-hydrogen) atoms. The number of ether oxygens (including phenoxy) is 1. The quantitative estimate of drug-likeness (QED) is 0.692. The van der Waals surface area contributed by atoms with Crippen molar-refractivity contribution >= 4 is 11.6 Å². The van der Waals surface area contributed by atoms with Crippen molar-refractivity contribution < 1.29 is 24.5 Å². The first-order chi connectivity index (χ1) is 12.1. The second kappa shape index (κ2) is 5.22. The van der Waals surface area contributed by atoms with Gasteiger partial charge in [0.25, 0.3) is 0 Å². The van der Waals surface area contributed by atoms with E-state index in [0.717, 1.165) is 12.8 Å². The van der Waals surface area contributed by atoms with Gasteiger partial charge in [0.15, 0.2) is 11.5 Å². The predicted octanol–water partition coefficient (Wildman–Crippen LogP) is 3.82. The minimum atomic E-state index is -0.588. The summed E-state index contributed by atoms with van der Waals surface area (Å²) in [5, 5.41) is 20.4. The van der Waals surface area contributed by atoms with Crippen molar-refractivity contribution in [1.82, 2.24) is 0 Å². The lowest BCUT2D eigenvalue weighted by Crippen LogP contribution is -2.48. The molecule has 2 atom stereocenters. The number of carbonyl (C=O) groups excluding carboxylic acids is 2. The first kappa shape index (κ1) is 16.9. The zero-order valence-electron chi connectivity index (χ0n) is 15.3. The van der Waals surface area contributed by atoms with Crippen LogP contribution in [0, 0.1) is 18.8 Å². The third kappa shape index (κ3) is 2.09. The van der Waals surface area contributed by atoms with Crippen LogP contribution in [0.5, 0.6) is 11.5 Å². The van der Waals surface area contributed by atoms with Crippen LogP contribution >= 0.6 is 0 Å². The summed E-state index contributed by atoms with van der Waals surface area (Å²) in [5.74, 6) is -1.46. The molecule has 1 heterocycles. The van der Waals surface area contributed by atoms with Crippen LogP contribution in [0.4, 0.5) is 0 Å². The maximum absolute atomic E-state index is 13.2. The number of phenolic OH excluding ortho intramolecular Hbond substituents is 2. The van der Waals surface area contributed by atoms with E-state index in [9.17, 15) is 19.8 Å². The van der Waals surface area contributed by atoms with E-state index in [0.29, 0.717) is 5.57 Å². The molecule has 1 aromatic carbocycles. The highest BCUT2D eigenvalue weighted by molar-refractivity contribution is 6.28. The van der Waals surface area contributed by atoms with E-state index in [4.69, 9.17) is 4.74 Å². The zero-order valence-corrected chi connectivity index (χ0v) is 15.3. The summed E-state index contributed by atoms with van der Waals surface area (Å²) in [6.45, 7) is 7.42. The number of hydrogen-bond acceptors (Lipinski definition) is 5. The van der Waals surface area contributed by atoms with Gasteiger partial charge in [0, 0.05) is 23.0 Å². The molecule has 0 bridgehead atoms. The van der Waals surface area contributed by atoms with Gasteiger partial charge < -0.3 is 14.9 Å². The topological polar surface area (TPSA) is 83.8 Å². The molecule has 3 aliphatic rings. The molecule has 2 aliphatic carbocycles. The summed E-state index contributed by atoms with van der Waals surface area (Å²) in [4.78, 5) is 26.4. The summed E-state index contributed by atoms with van der Waals surface area (Å²) in [6, 6.07) is 1.28. The number of fused-ring (bicyclic) bond motifs is 3. The van der Waals surface area contributed by atoms with Crippen molar-refractivity contribution in [1.29, 1.82) is 0 Å². The molecule has 4 rings (SSSR count). The number of rotatable bonds is 0. The smallest absolute Gasteiger partial charge is 0.232 e. The SMILES string of the molecule is CC1=C[C@@H]2C3=C(OC(C)(C)[C@@H]2CC1)C(=O)c1c(cc(O)c(C)c1O)C3=O. The largest absolute Gasteiger partial charge is 0.508 e. The molecule has 0 unspecified atom stereocenters. The molecular formula is C21H22O5. The number of hydrogen-bond donors (Lipinski definition) is 2. The van der Waals surface area contributed by atoms with Crippen LogP contribution in [0.25, 0.3) is 0 Å². The lowest BCUT2D eigenvalue weighted by molar-refractivity contribution is -0.0493. The van der Waals surface area contributed by atoms with Crippen LogP contribution in [-0.2, 0) is 4.74 Å². The molecule has 0 saturated carbocycles. The Labute approximate surface area is 152 Å². The number of carbonyl (C=O) groups is 2. The molecule has 0 saturated heterocycles. The van der Waals surface area contributed by atoms with Gasteiger partial charge in [-0.05, 0) is 46.6 Å². The number of ketones is 2. The highest BCUT2D eigenvalue weighted by atomic mass is 16.5. The Balaban J connectivity index is 1.98. The fourth-order valence-corrected chi connectivity index (χ4v) is 4.52. The van der Waals surface area contributed by atoms with E-state index in [1.807, 2.05) is 20.8 Å². The van der Waals surface area contributed by atoms with Crippen LogP contribution in [0.2, 0.25) is 0 Å². The highest BCUT2D eigenvalue weighted by Crippen LogP contribution is 2.51. The van der Waals surface area contributed by atoms with E-state index in [1.54, 1.807) is 0 Å². The van der Waals surface area contributed by atoms with Gasteiger partial charge in [-0.15, -0.1) is 0 Å². The van der Waals surface area contributed by atoms with Gasteiger partial charge in [-0.1, -0.05) is 11.6 Å². The summed E-state index contributed by atoms with van der Waals surface area (Å²) in [7, 11) is 0. The monoisotopic (exact) mass is 354 g/mol. The van der Waals surface area contributed by atoms with Crippen LogP contribution in [0.1, 0.15) is 59.9 Å². The third-order valence-electron chi connectivity index (χ3n) is 6.03. The van der Waals surface area contributed by atoms with Gasteiger partial charge in [0.05, 0.1) is 11.1 Å². The van der Waals surface area contributed by atoms with E-state index in [2.05, 4.69) is 6.08 Å². The van der Waals surface area contributed by atoms with E-state index in [1.165, 1.54) is 18.6 Å². The average molecular weight is 354 g/mol. The molecule has 0 aromatic heterocycles. The van der Waals surface area contributed by atoms with Crippen molar-refractivity contribution in [3.05, 3.63) is 45.7 Å². The lowest BCUT2D eigenvalue weighted by Gasteiger charge is -2.47. The van der Waals surface area contributed by atoms with E-state index in [-0.39, 0.29) is 51.6 Å². The molecule has 1 aromatic rings. The van der Waals surface area contributed by atoms with E-state index >= 15 is 0 Å². The first-order valence-electron chi connectivity index (χ1n) is 8.89. The molecule has 0 spiro atoms. The summed E-state index contributed by atoms with van der Waals surface area (Å²) in [6.07, 6.45) is 3.89. The second-order valence-electron chi connectivity index (χ2n) is 8.08. The Bertz CT molecular complexity index is 932. The molecule has 5 heteroatoms. The van der Waals surface area contributed by atoms with E-state index < -0.39 is 11.4 Å². The molecule has 2 N–H and O–H groups in total. The lowest BCUT2D eigenvalue weighted by atomic mass is 9.65.